The average molecular weight is 453 g/mol. The number of hydrogen-bond acceptors (Lipinski definition) is 5. The Morgan fingerprint density at radius 2 is 1.97 bits per heavy atom. The van der Waals surface area contributed by atoms with Crippen LogP contribution in [0.1, 0.15) is 23.0 Å². The van der Waals surface area contributed by atoms with E-state index in [1.54, 1.807) is 25.2 Å². The fraction of sp³-hybridized carbons (Fsp3) is 0.148. The van der Waals surface area contributed by atoms with E-state index in [9.17, 15) is 9.59 Å². The maximum absolute atomic E-state index is 13.1. The minimum atomic E-state index is -0.893. The van der Waals surface area contributed by atoms with Gasteiger partial charge in [-0.1, -0.05) is 36.6 Å². The van der Waals surface area contributed by atoms with Gasteiger partial charge in [0.1, 0.15) is 35.6 Å². The molecule has 0 fully saturated rings. The van der Waals surface area contributed by atoms with Crippen LogP contribution in [0.2, 0.25) is 0 Å². The highest BCUT2D eigenvalue weighted by molar-refractivity contribution is 6.03. The monoisotopic (exact) mass is 453 g/mol. The van der Waals surface area contributed by atoms with Crippen LogP contribution in [0.25, 0.3) is 0 Å². The van der Waals surface area contributed by atoms with Gasteiger partial charge in [-0.3, -0.25) is 14.6 Å². The molecule has 0 aliphatic carbocycles. The third-order valence-electron chi connectivity index (χ3n) is 5.02. The Balaban J connectivity index is 1.49. The number of para-hydroxylation sites is 1. The van der Waals surface area contributed by atoms with Crippen molar-refractivity contribution >= 4 is 17.5 Å². The second-order valence-corrected chi connectivity index (χ2v) is 7.74. The normalized spacial score (nSPS) is 14.6. The van der Waals surface area contributed by atoms with E-state index in [1.165, 1.54) is 17.2 Å². The first kappa shape index (κ1) is 22.6. The summed E-state index contributed by atoms with van der Waals surface area (Å²) in [5.74, 6) is 6.74. The van der Waals surface area contributed by atoms with Crippen molar-refractivity contribution in [2.75, 3.05) is 18.6 Å². The Kier molecular flexibility index (Phi) is 6.60. The largest absolute Gasteiger partial charge is 0.489 e. The zero-order valence-corrected chi connectivity index (χ0v) is 18.9. The lowest BCUT2D eigenvalue weighted by atomic mass is 10.1. The zero-order valence-electron chi connectivity index (χ0n) is 18.9. The van der Waals surface area contributed by atoms with Crippen molar-refractivity contribution in [2.45, 2.75) is 13.0 Å². The minimum Gasteiger partial charge on any atom is -0.489 e. The summed E-state index contributed by atoms with van der Waals surface area (Å²) < 4.78 is 11.6. The van der Waals surface area contributed by atoms with Gasteiger partial charge in [0, 0.05) is 24.9 Å². The first-order valence-corrected chi connectivity index (χ1v) is 10.6. The summed E-state index contributed by atoms with van der Waals surface area (Å²) in [6.07, 6.45) is 1.48. The molecular weight excluding hydrogens is 430 g/mol. The van der Waals surface area contributed by atoms with Gasteiger partial charge in [0.25, 0.3) is 11.8 Å². The van der Waals surface area contributed by atoms with Crippen molar-refractivity contribution < 1.29 is 19.1 Å². The molecule has 1 atom stereocenters. The van der Waals surface area contributed by atoms with Gasteiger partial charge in [-0.15, -0.1) is 0 Å². The molecule has 1 unspecified atom stereocenters. The number of pyridine rings is 1. The lowest BCUT2D eigenvalue weighted by Gasteiger charge is -2.20. The van der Waals surface area contributed by atoms with E-state index in [-0.39, 0.29) is 18.2 Å². The van der Waals surface area contributed by atoms with Crippen molar-refractivity contribution in [3.63, 3.8) is 0 Å². The molecule has 2 aromatic carbocycles. The third-order valence-corrected chi connectivity index (χ3v) is 5.02. The van der Waals surface area contributed by atoms with Crippen LogP contribution in [-0.2, 0) is 4.79 Å². The molecule has 0 spiro atoms. The lowest BCUT2D eigenvalue weighted by Crippen LogP contribution is -2.49. The number of nitrogens with zero attached hydrogens (tertiary/aromatic N) is 2. The number of fused-ring (bicyclic) bond motifs is 1. The Morgan fingerprint density at radius 3 is 2.74 bits per heavy atom. The number of ether oxygens (including phenoxy) is 2. The molecule has 1 N–H and O–H groups in total. The van der Waals surface area contributed by atoms with Gasteiger partial charge in [-0.05, 0) is 48.9 Å². The third kappa shape index (κ3) is 5.25. The number of hydrogen-bond donors (Lipinski definition) is 1. The first-order valence-electron chi connectivity index (χ1n) is 10.6. The Morgan fingerprint density at radius 1 is 1.18 bits per heavy atom. The fourth-order valence-electron chi connectivity index (χ4n) is 3.31. The predicted molar refractivity (Wildman–Crippen MR) is 129 cm³/mol. The Hall–Kier alpha value is -4.57. The number of carbonyl (C=O) groups is 2. The van der Waals surface area contributed by atoms with Gasteiger partial charge >= 0.3 is 0 Å². The topological polar surface area (TPSA) is 80.8 Å². The lowest BCUT2D eigenvalue weighted by molar-refractivity contribution is -0.120. The Labute approximate surface area is 198 Å². The van der Waals surface area contributed by atoms with Crippen LogP contribution in [0, 0.1) is 11.8 Å². The summed E-state index contributed by atoms with van der Waals surface area (Å²) in [5.41, 5.74) is 2.17. The highest BCUT2D eigenvalue weighted by Crippen LogP contribution is 2.31. The number of allylic oxidation sites excluding steroid dienone is 1. The maximum atomic E-state index is 13.1. The van der Waals surface area contributed by atoms with Crippen LogP contribution in [0.15, 0.2) is 79.0 Å². The molecule has 0 saturated heterocycles. The number of benzene rings is 2. The number of rotatable bonds is 4. The highest BCUT2D eigenvalue weighted by Gasteiger charge is 2.31. The van der Waals surface area contributed by atoms with Crippen LogP contribution in [-0.4, -0.2) is 36.5 Å². The molecule has 1 aromatic heterocycles. The molecule has 0 radical (unpaired) electrons. The summed E-state index contributed by atoms with van der Waals surface area (Å²) in [6, 6.07) is 16.8. The molecule has 2 heterocycles. The van der Waals surface area contributed by atoms with E-state index in [0.29, 0.717) is 22.9 Å². The smallest absolute Gasteiger partial charge is 0.270 e. The molecule has 3 aromatic rings. The van der Waals surface area contributed by atoms with Gasteiger partial charge in [0.2, 0.25) is 0 Å². The summed E-state index contributed by atoms with van der Waals surface area (Å²) >= 11 is 0. The molecular formula is C27H23N3O4. The number of amides is 2. The van der Waals surface area contributed by atoms with Crippen molar-refractivity contribution in [3.05, 3.63) is 90.3 Å². The number of aromatic nitrogens is 1. The van der Waals surface area contributed by atoms with Crippen molar-refractivity contribution in [2.24, 2.45) is 0 Å². The van der Waals surface area contributed by atoms with E-state index < -0.39 is 11.9 Å². The standard InChI is InChI=1S/C27H23N3O4/c1-18(2)9-10-19-11-12-25-24(15-19)30(3)27(32)23(17-33-25)29-26(31)22-16-21(13-14-28-22)34-20-7-5-4-6-8-20/h4-8,11-16,23H,1,17H2,2-3H3,(H,29,31). The van der Waals surface area contributed by atoms with Gasteiger partial charge in [-0.2, -0.15) is 0 Å². The van der Waals surface area contributed by atoms with Crippen LogP contribution >= 0.6 is 0 Å². The fourth-order valence-corrected chi connectivity index (χ4v) is 3.31. The molecule has 170 valence electrons. The van der Waals surface area contributed by atoms with Crippen molar-refractivity contribution in [1.29, 1.82) is 0 Å². The molecule has 1 aliphatic rings. The molecule has 7 heteroatoms. The van der Waals surface area contributed by atoms with E-state index in [1.807, 2.05) is 43.3 Å². The van der Waals surface area contributed by atoms with E-state index in [2.05, 4.69) is 28.7 Å². The molecule has 2 amide bonds. The van der Waals surface area contributed by atoms with Crippen LogP contribution in [0.3, 0.4) is 0 Å². The van der Waals surface area contributed by atoms with Gasteiger partial charge in [0.15, 0.2) is 0 Å². The second-order valence-electron chi connectivity index (χ2n) is 7.74. The SMILES string of the molecule is C=C(C)C#Cc1ccc2c(c1)N(C)C(=O)C(NC(=O)c1cc(Oc3ccccc3)ccn1)CO2. The van der Waals surface area contributed by atoms with Crippen LogP contribution < -0.4 is 19.7 Å². The van der Waals surface area contributed by atoms with Crippen LogP contribution in [0.4, 0.5) is 5.69 Å². The molecule has 1 aliphatic heterocycles. The summed E-state index contributed by atoms with van der Waals surface area (Å²) in [5, 5.41) is 2.72. The van der Waals surface area contributed by atoms with E-state index in [4.69, 9.17) is 9.47 Å². The number of carbonyl (C=O) groups excluding carboxylic acids is 2. The number of anilines is 1. The van der Waals surface area contributed by atoms with Crippen molar-refractivity contribution in [3.8, 4) is 29.1 Å². The molecule has 7 nitrogen and oxygen atoms in total. The number of nitrogens with one attached hydrogen (secondary N) is 1. The summed E-state index contributed by atoms with van der Waals surface area (Å²) in [7, 11) is 1.64. The van der Waals surface area contributed by atoms with Gasteiger partial charge in [0.05, 0.1) is 5.69 Å². The molecule has 34 heavy (non-hydrogen) atoms. The molecule has 0 saturated carbocycles. The Bertz CT molecular complexity index is 1310. The quantitative estimate of drug-likeness (QED) is 0.605. The van der Waals surface area contributed by atoms with Crippen molar-refractivity contribution in [1.82, 2.24) is 10.3 Å². The minimum absolute atomic E-state index is 0.0150. The molecule has 0 bridgehead atoms. The number of likely N-dealkylation sites (N-methyl/N-ethyl adjacent to an activating group) is 1. The second kappa shape index (κ2) is 9.92. The average Bonchev–Trinajstić information content (AvgIpc) is 2.95. The molecule has 4 rings (SSSR count). The maximum Gasteiger partial charge on any atom is 0.270 e. The first-order chi connectivity index (χ1) is 16.4. The zero-order chi connectivity index (χ0) is 24.1. The van der Waals surface area contributed by atoms with E-state index >= 15 is 0 Å². The van der Waals surface area contributed by atoms with E-state index in [0.717, 1.165) is 11.1 Å². The predicted octanol–water partition coefficient (Wildman–Crippen LogP) is 3.96. The summed E-state index contributed by atoms with van der Waals surface area (Å²) in [6.45, 7) is 5.58. The van der Waals surface area contributed by atoms with Gasteiger partial charge < -0.3 is 19.7 Å². The van der Waals surface area contributed by atoms with Gasteiger partial charge in [-0.25, -0.2) is 0 Å². The summed E-state index contributed by atoms with van der Waals surface area (Å²) in [4.78, 5) is 31.6. The van der Waals surface area contributed by atoms with Crippen LogP contribution in [0.5, 0.6) is 17.2 Å². The highest BCUT2D eigenvalue weighted by atomic mass is 16.5.